The molecule has 0 unspecified atom stereocenters. The number of aryl methyl sites for hydroxylation is 1. The molecule has 4 N–H and O–H groups in total. The molecule has 3 rings (SSSR count). The van der Waals surface area contributed by atoms with Crippen molar-refractivity contribution in [2.45, 2.75) is 25.7 Å². The molecule has 0 bridgehead atoms. The van der Waals surface area contributed by atoms with Gasteiger partial charge < -0.3 is 25.8 Å². The summed E-state index contributed by atoms with van der Waals surface area (Å²) in [6.07, 6.45) is 3.74. The van der Waals surface area contributed by atoms with Gasteiger partial charge in [0.1, 0.15) is 5.82 Å². The van der Waals surface area contributed by atoms with Crippen molar-refractivity contribution in [3.8, 4) is 11.5 Å². The predicted molar refractivity (Wildman–Crippen MR) is 103 cm³/mol. The van der Waals surface area contributed by atoms with Crippen LogP contribution in [0.2, 0.25) is 0 Å². The molecule has 0 atom stereocenters. The third-order valence-electron chi connectivity index (χ3n) is 4.58. The van der Waals surface area contributed by atoms with Gasteiger partial charge in [-0.1, -0.05) is 6.07 Å². The third kappa shape index (κ3) is 4.35. The molecule has 1 aliphatic rings. The van der Waals surface area contributed by atoms with E-state index in [-0.39, 0.29) is 0 Å². The van der Waals surface area contributed by atoms with Gasteiger partial charge in [0.05, 0.1) is 19.9 Å². The minimum Gasteiger partial charge on any atom is -0.493 e. The Balaban J connectivity index is 1.59. The second-order valence-corrected chi connectivity index (χ2v) is 6.33. The lowest BCUT2D eigenvalue weighted by atomic mass is 10.1. The average Bonchev–Trinajstić information content (AvgIpc) is 2.90. The zero-order valence-corrected chi connectivity index (χ0v) is 15.5. The maximum Gasteiger partial charge on any atom is 0.222 e. The zero-order chi connectivity index (χ0) is 18.4. The first-order valence-electron chi connectivity index (χ1n) is 9.02. The molecule has 0 fully saturated rings. The number of nitrogen functional groups attached to an aromatic ring is 1. The number of hydrogen-bond donors (Lipinski definition) is 3. The Kier molecular flexibility index (Phi) is 6.12. The van der Waals surface area contributed by atoms with Crippen molar-refractivity contribution >= 4 is 11.8 Å². The van der Waals surface area contributed by atoms with Gasteiger partial charge in [-0.05, 0) is 43.5 Å². The van der Waals surface area contributed by atoms with Crippen LogP contribution < -0.4 is 25.8 Å². The van der Waals surface area contributed by atoms with Crippen molar-refractivity contribution < 1.29 is 9.47 Å². The third-order valence-corrected chi connectivity index (χ3v) is 4.58. The first kappa shape index (κ1) is 18.3. The normalized spacial score (nSPS) is 13.6. The highest BCUT2D eigenvalue weighted by atomic mass is 16.5. The maximum atomic E-state index is 5.88. The van der Waals surface area contributed by atoms with Crippen molar-refractivity contribution in [1.82, 2.24) is 15.3 Å². The highest BCUT2D eigenvalue weighted by Crippen LogP contribution is 2.28. The lowest BCUT2D eigenvalue weighted by Gasteiger charge is -2.14. The number of nitrogens with zero attached hydrogens (tertiary/aromatic N) is 2. The van der Waals surface area contributed by atoms with Crippen molar-refractivity contribution in [3.63, 3.8) is 0 Å². The van der Waals surface area contributed by atoms with E-state index in [9.17, 15) is 0 Å². The van der Waals surface area contributed by atoms with E-state index in [4.69, 9.17) is 15.2 Å². The lowest BCUT2D eigenvalue weighted by Crippen LogP contribution is -2.16. The Hall–Kier alpha value is -2.54. The molecule has 0 spiro atoms. The fourth-order valence-electron chi connectivity index (χ4n) is 3.25. The number of benzene rings is 1. The number of hydrogen-bond acceptors (Lipinski definition) is 7. The van der Waals surface area contributed by atoms with Crippen LogP contribution in [-0.4, -0.2) is 43.8 Å². The molecule has 1 aromatic heterocycles. The lowest BCUT2D eigenvalue weighted by molar-refractivity contribution is 0.354. The number of aromatic nitrogens is 2. The largest absolute Gasteiger partial charge is 0.493 e. The Morgan fingerprint density at radius 2 is 1.92 bits per heavy atom. The Bertz CT molecular complexity index is 751. The van der Waals surface area contributed by atoms with E-state index in [0.717, 1.165) is 68.3 Å². The van der Waals surface area contributed by atoms with Crippen LogP contribution in [0.5, 0.6) is 11.5 Å². The summed E-state index contributed by atoms with van der Waals surface area (Å²) in [5.41, 5.74) is 9.35. The van der Waals surface area contributed by atoms with Crippen molar-refractivity contribution in [3.05, 3.63) is 35.0 Å². The molecular weight excluding hydrogens is 330 g/mol. The Morgan fingerprint density at radius 3 is 2.73 bits per heavy atom. The quantitative estimate of drug-likeness (QED) is 0.651. The first-order valence-corrected chi connectivity index (χ1v) is 9.02. The van der Waals surface area contributed by atoms with E-state index in [2.05, 4.69) is 26.7 Å². The van der Waals surface area contributed by atoms with Gasteiger partial charge in [0.2, 0.25) is 5.95 Å². The van der Waals surface area contributed by atoms with E-state index in [0.29, 0.717) is 5.95 Å². The van der Waals surface area contributed by atoms with E-state index < -0.39 is 0 Å². The predicted octanol–water partition coefficient (Wildman–Crippen LogP) is 1.81. The van der Waals surface area contributed by atoms with Gasteiger partial charge in [-0.2, -0.15) is 4.98 Å². The van der Waals surface area contributed by atoms with Gasteiger partial charge in [0.25, 0.3) is 0 Å². The minimum absolute atomic E-state index is 0.341. The highest BCUT2D eigenvalue weighted by Gasteiger charge is 2.15. The molecule has 0 aliphatic carbocycles. The highest BCUT2D eigenvalue weighted by molar-refractivity contribution is 5.50. The van der Waals surface area contributed by atoms with Gasteiger partial charge in [0, 0.05) is 25.1 Å². The van der Waals surface area contributed by atoms with Gasteiger partial charge in [-0.15, -0.1) is 0 Å². The Morgan fingerprint density at radius 1 is 1.12 bits per heavy atom. The summed E-state index contributed by atoms with van der Waals surface area (Å²) < 4.78 is 10.6. The van der Waals surface area contributed by atoms with E-state index in [1.807, 2.05) is 12.1 Å². The fraction of sp³-hybridized carbons (Fsp3) is 0.474. The van der Waals surface area contributed by atoms with Crippen molar-refractivity contribution in [2.75, 3.05) is 44.9 Å². The van der Waals surface area contributed by atoms with E-state index in [1.54, 1.807) is 14.2 Å². The molecule has 1 aromatic carbocycles. The number of fused-ring (bicyclic) bond motifs is 1. The number of anilines is 2. The van der Waals surface area contributed by atoms with Crippen LogP contribution in [0.1, 0.15) is 23.2 Å². The second-order valence-electron chi connectivity index (χ2n) is 6.33. The van der Waals surface area contributed by atoms with Gasteiger partial charge in [-0.25, -0.2) is 4.98 Å². The number of nitrogens with one attached hydrogen (secondary N) is 2. The molecule has 1 aliphatic heterocycles. The second kappa shape index (κ2) is 8.71. The minimum atomic E-state index is 0.341. The summed E-state index contributed by atoms with van der Waals surface area (Å²) in [5, 5.41) is 6.84. The van der Waals surface area contributed by atoms with Crippen LogP contribution in [0.15, 0.2) is 18.2 Å². The van der Waals surface area contributed by atoms with Gasteiger partial charge >= 0.3 is 0 Å². The van der Waals surface area contributed by atoms with Crippen LogP contribution in [0.3, 0.4) is 0 Å². The average molecular weight is 357 g/mol. The summed E-state index contributed by atoms with van der Waals surface area (Å²) >= 11 is 0. The van der Waals surface area contributed by atoms with Crippen LogP contribution in [0.4, 0.5) is 11.8 Å². The van der Waals surface area contributed by atoms with Gasteiger partial charge in [-0.3, -0.25) is 0 Å². The summed E-state index contributed by atoms with van der Waals surface area (Å²) in [6.45, 7) is 2.70. The SMILES string of the molecule is COc1ccc(CCCNc2nc(N)nc3c2CCNCC3)cc1OC. The molecule has 2 aromatic rings. The topological polar surface area (TPSA) is 94.3 Å². The van der Waals surface area contributed by atoms with Crippen molar-refractivity contribution in [1.29, 1.82) is 0 Å². The summed E-state index contributed by atoms with van der Waals surface area (Å²) in [6, 6.07) is 6.04. The monoisotopic (exact) mass is 357 g/mol. The maximum absolute atomic E-state index is 5.88. The van der Waals surface area contributed by atoms with Crippen molar-refractivity contribution in [2.24, 2.45) is 0 Å². The molecule has 0 radical (unpaired) electrons. The number of ether oxygens (including phenoxy) is 2. The zero-order valence-electron chi connectivity index (χ0n) is 15.5. The number of rotatable bonds is 7. The molecule has 7 heteroatoms. The first-order chi connectivity index (χ1) is 12.7. The molecule has 2 heterocycles. The van der Waals surface area contributed by atoms with Crippen LogP contribution in [0, 0.1) is 0 Å². The molecule has 0 amide bonds. The van der Waals surface area contributed by atoms with Crippen LogP contribution >= 0.6 is 0 Å². The van der Waals surface area contributed by atoms with Crippen LogP contribution in [-0.2, 0) is 19.3 Å². The molecule has 0 saturated heterocycles. The molecule has 140 valence electrons. The summed E-state index contributed by atoms with van der Waals surface area (Å²) in [7, 11) is 3.30. The molecule has 0 saturated carbocycles. The summed E-state index contributed by atoms with van der Waals surface area (Å²) in [4.78, 5) is 8.82. The molecular formula is C19H27N5O2. The van der Waals surface area contributed by atoms with E-state index >= 15 is 0 Å². The number of nitrogens with two attached hydrogens (primary N) is 1. The smallest absolute Gasteiger partial charge is 0.222 e. The Labute approximate surface area is 154 Å². The van der Waals surface area contributed by atoms with Gasteiger partial charge in [0.15, 0.2) is 11.5 Å². The standard InChI is InChI=1S/C19H27N5O2/c1-25-16-6-5-13(12-17(16)26-2)4-3-9-22-18-14-7-10-21-11-8-15(14)23-19(20)24-18/h5-6,12,21H,3-4,7-11H2,1-2H3,(H3,20,22,23,24). The molecule has 26 heavy (non-hydrogen) atoms. The fourth-order valence-corrected chi connectivity index (χ4v) is 3.25. The van der Waals surface area contributed by atoms with E-state index in [1.165, 1.54) is 11.1 Å². The van der Waals surface area contributed by atoms with Crippen LogP contribution in [0.25, 0.3) is 0 Å². The summed E-state index contributed by atoms with van der Waals surface area (Å²) in [5.74, 6) is 2.73. The molecule has 7 nitrogen and oxygen atoms in total. The number of methoxy groups -OCH3 is 2.